The highest BCUT2D eigenvalue weighted by Gasteiger charge is 2.11. The molecule has 79 valence electrons. The van der Waals surface area contributed by atoms with Crippen molar-refractivity contribution in [1.82, 2.24) is 14.8 Å². The van der Waals surface area contributed by atoms with E-state index >= 15 is 0 Å². The summed E-state index contributed by atoms with van der Waals surface area (Å²) in [6.07, 6.45) is 2.81. The van der Waals surface area contributed by atoms with E-state index in [1.807, 2.05) is 6.07 Å². The molecule has 0 aliphatic rings. The third-order valence-corrected chi connectivity index (χ3v) is 2.47. The minimum atomic E-state index is 0.103. The van der Waals surface area contributed by atoms with Crippen LogP contribution in [0.2, 0.25) is 15.2 Å². The molecule has 0 unspecified atom stereocenters. The van der Waals surface area contributed by atoms with Gasteiger partial charge in [0.1, 0.15) is 11.8 Å². The van der Waals surface area contributed by atoms with Crippen LogP contribution in [0.1, 0.15) is 5.69 Å². The number of halogens is 3. The first-order valence-electron chi connectivity index (χ1n) is 4.01. The Morgan fingerprint density at radius 2 is 2.12 bits per heavy atom. The van der Waals surface area contributed by atoms with E-state index in [1.54, 1.807) is 0 Å². The van der Waals surface area contributed by atoms with E-state index in [-0.39, 0.29) is 15.9 Å². The molecule has 0 saturated carbocycles. The lowest BCUT2D eigenvalue weighted by atomic mass is 10.4. The Balaban J connectivity index is 2.59. The molecule has 2 heterocycles. The second-order valence-electron chi connectivity index (χ2n) is 2.75. The van der Waals surface area contributed by atoms with Crippen LogP contribution in [0.15, 0.2) is 12.4 Å². The summed E-state index contributed by atoms with van der Waals surface area (Å²) in [5.41, 5.74) is 0.448. The average Bonchev–Trinajstić information content (AvgIpc) is 2.63. The first kappa shape index (κ1) is 11.2. The lowest BCUT2D eigenvalue weighted by molar-refractivity contribution is 0.866. The summed E-state index contributed by atoms with van der Waals surface area (Å²) in [5.74, 6) is 0. The second kappa shape index (κ2) is 4.30. The number of aromatic nitrogens is 3. The van der Waals surface area contributed by atoms with Crippen molar-refractivity contribution in [3.05, 3.63) is 39.4 Å². The molecule has 0 saturated heterocycles. The smallest absolute Gasteiger partial charge is 0.181 e. The molecule has 0 N–H and O–H groups in total. The fourth-order valence-electron chi connectivity index (χ4n) is 1.07. The summed E-state index contributed by atoms with van der Waals surface area (Å²) in [7, 11) is 0. The van der Waals surface area contributed by atoms with Gasteiger partial charge in [-0.2, -0.15) is 10.4 Å². The Morgan fingerprint density at radius 1 is 1.38 bits per heavy atom. The Morgan fingerprint density at radius 3 is 2.75 bits per heavy atom. The molecule has 4 nitrogen and oxygen atoms in total. The zero-order chi connectivity index (χ0) is 11.7. The van der Waals surface area contributed by atoms with E-state index in [0.717, 1.165) is 0 Å². The predicted molar refractivity (Wildman–Crippen MR) is 59.9 cm³/mol. The van der Waals surface area contributed by atoms with E-state index in [2.05, 4.69) is 16.1 Å². The topological polar surface area (TPSA) is 54.5 Å². The normalized spacial score (nSPS) is 10.1. The first-order valence-corrected chi connectivity index (χ1v) is 5.14. The first-order chi connectivity index (χ1) is 7.61. The van der Waals surface area contributed by atoms with Gasteiger partial charge in [0.05, 0.1) is 16.2 Å². The molecule has 0 bridgehead atoms. The molecule has 0 atom stereocenters. The van der Waals surface area contributed by atoms with Crippen LogP contribution in [0.25, 0.3) is 5.69 Å². The number of nitriles is 1. The maximum Gasteiger partial charge on any atom is 0.181 e. The predicted octanol–water partition coefficient (Wildman–Crippen LogP) is 2.90. The van der Waals surface area contributed by atoms with E-state index in [9.17, 15) is 0 Å². The highest BCUT2D eigenvalue weighted by Crippen LogP contribution is 2.23. The van der Waals surface area contributed by atoms with Gasteiger partial charge in [-0.05, 0) is 0 Å². The molecule has 2 aromatic heterocycles. The van der Waals surface area contributed by atoms with Crippen LogP contribution in [0, 0.1) is 17.4 Å². The van der Waals surface area contributed by atoms with Gasteiger partial charge in [-0.1, -0.05) is 34.8 Å². The molecule has 1 radical (unpaired) electrons. The summed E-state index contributed by atoms with van der Waals surface area (Å²) in [5, 5.41) is 13.3. The van der Waals surface area contributed by atoms with Crippen molar-refractivity contribution < 1.29 is 0 Å². The zero-order valence-electron chi connectivity index (χ0n) is 7.58. The summed E-state index contributed by atoms with van der Waals surface area (Å²) in [4.78, 5) is 3.84. The van der Waals surface area contributed by atoms with Gasteiger partial charge in [-0.25, -0.2) is 9.67 Å². The van der Waals surface area contributed by atoms with Crippen LogP contribution < -0.4 is 0 Å². The van der Waals surface area contributed by atoms with Gasteiger partial charge in [-0.15, -0.1) is 0 Å². The van der Waals surface area contributed by atoms with Gasteiger partial charge < -0.3 is 0 Å². The number of nitrogens with zero attached hydrogens (tertiary/aromatic N) is 4. The molecule has 0 aliphatic carbocycles. The van der Waals surface area contributed by atoms with Gasteiger partial charge in [0.25, 0.3) is 0 Å². The van der Waals surface area contributed by atoms with Crippen molar-refractivity contribution in [2.75, 3.05) is 0 Å². The van der Waals surface area contributed by atoms with Crippen LogP contribution in [-0.2, 0) is 0 Å². The zero-order valence-corrected chi connectivity index (χ0v) is 9.85. The van der Waals surface area contributed by atoms with Crippen LogP contribution in [0.5, 0.6) is 0 Å². The molecule has 0 aromatic carbocycles. The number of rotatable bonds is 1. The average molecular weight is 273 g/mol. The maximum absolute atomic E-state index is 8.71. The summed E-state index contributed by atoms with van der Waals surface area (Å²) >= 11 is 17.3. The third-order valence-electron chi connectivity index (χ3n) is 1.73. The lowest BCUT2D eigenvalue weighted by Crippen LogP contribution is -1.98. The highest BCUT2D eigenvalue weighted by molar-refractivity contribution is 6.33. The SMILES string of the molecule is N#Cc1nn(-c2[c]c(Cl)cnc2Cl)cc1Cl. The van der Waals surface area contributed by atoms with Crippen molar-refractivity contribution >= 4 is 34.8 Å². The molecule has 0 amide bonds. The van der Waals surface area contributed by atoms with Crippen molar-refractivity contribution in [3.63, 3.8) is 0 Å². The van der Waals surface area contributed by atoms with E-state index in [0.29, 0.717) is 10.7 Å². The number of hydrogen-bond acceptors (Lipinski definition) is 3. The standard InChI is InChI=1S/C9H2Cl3N4/c10-5-1-8(9(12)14-3-5)16-4-6(11)7(2-13)15-16/h3-4H. The van der Waals surface area contributed by atoms with Crippen LogP contribution in [0.3, 0.4) is 0 Å². The molecule has 0 aliphatic heterocycles. The lowest BCUT2D eigenvalue weighted by Gasteiger charge is -2.02. The van der Waals surface area contributed by atoms with Crippen molar-refractivity contribution in [1.29, 1.82) is 5.26 Å². The van der Waals surface area contributed by atoms with E-state index < -0.39 is 0 Å². The summed E-state index contributed by atoms with van der Waals surface area (Å²) in [6.45, 7) is 0. The van der Waals surface area contributed by atoms with Crippen molar-refractivity contribution in [3.8, 4) is 11.8 Å². The molecule has 2 rings (SSSR count). The molecule has 0 spiro atoms. The minimum absolute atomic E-state index is 0.103. The fraction of sp³-hybridized carbons (Fsp3) is 0. The monoisotopic (exact) mass is 271 g/mol. The van der Waals surface area contributed by atoms with Gasteiger partial charge >= 0.3 is 0 Å². The van der Waals surface area contributed by atoms with Gasteiger partial charge in [0.15, 0.2) is 10.8 Å². The molecule has 16 heavy (non-hydrogen) atoms. The highest BCUT2D eigenvalue weighted by atomic mass is 35.5. The van der Waals surface area contributed by atoms with Gasteiger partial charge in [-0.3, -0.25) is 0 Å². The Bertz CT molecular complexity index is 585. The second-order valence-corrected chi connectivity index (χ2v) is 3.92. The van der Waals surface area contributed by atoms with Crippen LogP contribution in [-0.4, -0.2) is 14.8 Å². The number of hydrogen-bond donors (Lipinski definition) is 0. The Labute approximate surface area is 106 Å². The largest absolute Gasteiger partial charge is 0.241 e. The van der Waals surface area contributed by atoms with E-state index in [1.165, 1.54) is 17.1 Å². The van der Waals surface area contributed by atoms with Crippen molar-refractivity contribution in [2.45, 2.75) is 0 Å². The molecular weight excluding hydrogens is 270 g/mol. The summed E-state index contributed by atoms with van der Waals surface area (Å²) < 4.78 is 1.31. The Kier molecular flexibility index (Phi) is 3.01. The molecular formula is C9H2Cl3N4. The third kappa shape index (κ3) is 1.98. The minimum Gasteiger partial charge on any atom is -0.241 e. The van der Waals surface area contributed by atoms with Gasteiger partial charge in [0, 0.05) is 12.3 Å². The van der Waals surface area contributed by atoms with E-state index in [4.69, 9.17) is 40.1 Å². The Hall–Kier alpha value is -1.28. The van der Waals surface area contributed by atoms with Crippen molar-refractivity contribution in [2.24, 2.45) is 0 Å². The van der Waals surface area contributed by atoms with Crippen LogP contribution >= 0.6 is 34.8 Å². The van der Waals surface area contributed by atoms with Crippen LogP contribution in [0.4, 0.5) is 0 Å². The quantitative estimate of drug-likeness (QED) is 0.750. The summed E-state index contributed by atoms with van der Waals surface area (Å²) in [6, 6.07) is 4.61. The molecule has 0 fully saturated rings. The fourth-order valence-corrected chi connectivity index (χ4v) is 1.56. The maximum atomic E-state index is 8.71. The molecule has 7 heteroatoms. The molecule has 2 aromatic rings. The van der Waals surface area contributed by atoms with Gasteiger partial charge in [0.2, 0.25) is 0 Å². The number of pyridine rings is 1.